The summed E-state index contributed by atoms with van der Waals surface area (Å²) in [4.78, 5) is 35.2. The van der Waals surface area contributed by atoms with Crippen molar-refractivity contribution in [2.75, 3.05) is 6.54 Å². The number of amides is 3. The van der Waals surface area contributed by atoms with Crippen molar-refractivity contribution in [1.82, 2.24) is 10.2 Å². The van der Waals surface area contributed by atoms with Gasteiger partial charge in [0.15, 0.2) is 0 Å². The number of nitrogens with one attached hydrogen (secondary N) is 1. The maximum absolute atomic E-state index is 11.9. The maximum Gasteiger partial charge on any atom is 0.324 e. The molecule has 1 heterocycles. The van der Waals surface area contributed by atoms with Gasteiger partial charge in [-0.15, -0.1) is 0 Å². The van der Waals surface area contributed by atoms with E-state index in [0.29, 0.717) is 6.54 Å². The molecule has 1 saturated heterocycles. The van der Waals surface area contributed by atoms with Crippen molar-refractivity contribution >= 4 is 17.9 Å². The van der Waals surface area contributed by atoms with Crippen LogP contribution in [0.2, 0.25) is 0 Å². The Balaban J connectivity index is 2.42. The fourth-order valence-corrected chi connectivity index (χ4v) is 2.05. The molecule has 1 aliphatic heterocycles. The van der Waals surface area contributed by atoms with E-state index in [1.807, 2.05) is 6.92 Å². The molecule has 0 aromatic carbocycles. The van der Waals surface area contributed by atoms with E-state index in [9.17, 15) is 14.4 Å². The Bertz CT molecular complexity index is 330. The molecule has 6 nitrogen and oxygen atoms in total. The smallest absolute Gasteiger partial charge is 0.324 e. The molecular formula is C12H20N2O4. The lowest BCUT2D eigenvalue weighted by Gasteiger charge is -2.26. The largest absolute Gasteiger partial charge is 0.481 e. The van der Waals surface area contributed by atoms with Crippen LogP contribution in [0.3, 0.4) is 0 Å². The predicted molar refractivity (Wildman–Crippen MR) is 65.0 cm³/mol. The molecular weight excluding hydrogens is 236 g/mol. The highest BCUT2D eigenvalue weighted by Gasteiger charge is 2.23. The van der Waals surface area contributed by atoms with Gasteiger partial charge in [0.1, 0.15) is 0 Å². The number of carbonyl (C=O) groups is 3. The lowest BCUT2D eigenvalue weighted by molar-refractivity contribution is -0.138. The molecule has 1 atom stereocenters. The van der Waals surface area contributed by atoms with E-state index in [0.717, 1.165) is 25.7 Å². The molecule has 102 valence electrons. The van der Waals surface area contributed by atoms with Crippen molar-refractivity contribution in [3.8, 4) is 0 Å². The van der Waals surface area contributed by atoms with Gasteiger partial charge < -0.3 is 10.0 Å². The maximum atomic E-state index is 11.9. The average molecular weight is 256 g/mol. The topological polar surface area (TPSA) is 86.7 Å². The summed E-state index contributed by atoms with van der Waals surface area (Å²) in [5.41, 5.74) is 0. The summed E-state index contributed by atoms with van der Waals surface area (Å²) in [6.07, 6.45) is 3.66. The molecule has 0 aromatic rings. The zero-order valence-electron chi connectivity index (χ0n) is 10.6. The van der Waals surface area contributed by atoms with E-state index in [2.05, 4.69) is 5.32 Å². The number of aliphatic carboxylic acids is 1. The third-order valence-electron chi connectivity index (χ3n) is 3.13. The van der Waals surface area contributed by atoms with Gasteiger partial charge in [-0.25, -0.2) is 4.79 Å². The summed E-state index contributed by atoms with van der Waals surface area (Å²) in [5, 5.41) is 10.7. The molecule has 6 heteroatoms. The van der Waals surface area contributed by atoms with Gasteiger partial charge in [0, 0.05) is 19.0 Å². The quantitative estimate of drug-likeness (QED) is 0.798. The zero-order chi connectivity index (χ0) is 13.5. The number of carboxylic acid groups (broad SMARTS) is 1. The standard InChI is InChI=1S/C12H20N2O4/c1-9-5-3-2-4-8-14(9)12(18)13-10(15)6-7-11(16)17/h9H,2-8H2,1H3,(H,16,17)(H,13,15,18). The third kappa shape index (κ3) is 4.73. The number of carbonyl (C=O) groups excluding carboxylic acids is 2. The van der Waals surface area contributed by atoms with Crippen LogP contribution in [-0.2, 0) is 9.59 Å². The van der Waals surface area contributed by atoms with E-state index < -0.39 is 17.9 Å². The second-order valence-corrected chi connectivity index (χ2v) is 4.64. The molecule has 1 aliphatic rings. The Labute approximate surface area is 106 Å². The molecule has 0 aromatic heterocycles. The van der Waals surface area contributed by atoms with Crippen LogP contribution in [0.1, 0.15) is 45.4 Å². The van der Waals surface area contributed by atoms with Crippen LogP contribution in [0.4, 0.5) is 4.79 Å². The Hall–Kier alpha value is -1.59. The van der Waals surface area contributed by atoms with Crippen molar-refractivity contribution in [2.45, 2.75) is 51.5 Å². The fourth-order valence-electron chi connectivity index (χ4n) is 2.05. The van der Waals surface area contributed by atoms with E-state index in [1.165, 1.54) is 0 Å². The number of nitrogens with zero attached hydrogens (tertiary/aromatic N) is 1. The van der Waals surface area contributed by atoms with E-state index in [1.54, 1.807) is 4.90 Å². The molecule has 3 amide bonds. The first-order valence-electron chi connectivity index (χ1n) is 6.33. The molecule has 18 heavy (non-hydrogen) atoms. The lowest BCUT2D eigenvalue weighted by Crippen LogP contribution is -2.46. The summed E-state index contributed by atoms with van der Waals surface area (Å²) in [6.45, 7) is 2.62. The monoisotopic (exact) mass is 256 g/mol. The molecule has 1 fully saturated rings. The van der Waals surface area contributed by atoms with Gasteiger partial charge in [-0.3, -0.25) is 14.9 Å². The Morgan fingerprint density at radius 1 is 1.22 bits per heavy atom. The lowest BCUT2D eigenvalue weighted by atomic mass is 10.1. The molecule has 1 rings (SSSR count). The molecule has 0 spiro atoms. The van der Waals surface area contributed by atoms with Gasteiger partial charge in [0.2, 0.25) is 5.91 Å². The summed E-state index contributed by atoms with van der Waals surface area (Å²) in [7, 11) is 0. The van der Waals surface area contributed by atoms with Crippen LogP contribution in [-0.4, -0.2) is 40.5 Å². The summed E-state index contributed by atoms with van der Waals surface area (Å²) in [5.74, 6) is -1.57. The highest BCUT2D eigenvalue weighted by atomic mass is 16.4. The molecule has 0 saturated carbocycles. The van der Waals surface area contributed by atoms with Crippen molar-refractivity contribution < 1.29 is 19.5 Å². The number of imide groups is 1. The number of hydrogen-bond acceptors (Lipinski definition) is 3. The SMILES string of the molecule is CC1CCCCCN1C(=O)NC(=O)CCC(=O)O. The van der Waals surface area contributed by atoms with Crippen molar-refractivity contribution in [1.29, 1.82) is 0 Å². The average Bonchev–Trinajstić information content (AvgIpc) is 2.51. The molecule has 0 radical (unpaired) electrons. The van der Waals surface area contributed by atoms with Crippen LogP contribution in [0, 0.1) is 0 Å². The Kier molecular flexibility index (Phi) is 5.61. The van der Waals surface area contributed by atoms with Crippen molar-refractivity contribution in [3.63, 3.8) is 0 Å². The fraction of sp³-hybridized carbons (Fsp3) is 0.750. The van der Waals surface area contributed by atoms with E-state index >= 15 is 0 Å². The Morgan fingerprint density at radius 2 is 1.94 bits per heavy atom. The minimum atomic E-state index is -1.04. The van der Waals surface area contributed by atoms with Crippen molar-refractivity contribution in [3.05, 3.63) is 0 Å². The number of likely N-dealkylation sites (tertiary alicyclic amines) is 1. The van der Waals surface area contributed by atoms with Gasteiger partial charge >= 0.3 is 12.0 Å². The number of rotatable bonds is 3. The van der Waals surface area contributed by atoms with Crippen LogP contribution in [0.5, 0.6) is 0 Å². The molecule has 1 unspecified atom stereocenters. The predicted octanol–water partition coefficient (Wildman–Crippen LogP) is 1.35. The minimum Gasteiger partial charge on any atom is -0.481 e. The van der Waals surface area contributed by atoms with Crippen LogP contribution >= 0.6 is 0 Å². The highest BCUT2D eigenvalue weighted by Crippen LogP contribution is 2.16. The van der Waals surface area contributed by atoms with E-state index in [-0.39, 0.29) is 18.9 Å². The molecule has 2 N–H and O–H groups in total. The van der Waals surface area contributed by atoms with Gasteiger partial charge in [0.05, 0.1) is 6.42 Å². The number of carboxylic acids is 1. The van der Waals surface area contributed by atoms with Gasteiger partial charge in [-0.2, -0.15) is 0 Å². The summed E-state index contributed by atoms with van der Waals surface area (Å²) >= 11 is 0. The molecule has 0 aliphatic carbocycles. The zero-order valence-corrected chi connectivity index (χ0v) is 10.6. The van der Waals surface area contributed by atoms with Crippen LogP contribution in [0.25, 0.3) is 0 Å². The first-order valence-corrected chi connectivity index (χ1v) is 6.33. The summed E-state index contributed by atoms with van der Waals surface area (Å²) < 4.78 is 0. The first-order chi connectivity index (χ1) is 8.50. The number of hydrogen-bond donors (Lipinski definition) is 2. The van der Waals surface area contributed by atoms with E-state index in [4.69, 9.17) is 5.11 Å². The normalized spacial score (nSPS) is 20.1. The van der Waals surface area contributed by atoms with Crippen LogP contribution < -0.4 is 5.32 Å². The minimum absolute atomic E-state index is 0.125. The van der Waals surface area contributed by atoms with Crippen molar-refractivity contribution in [2.24, 2.45) is 0 Å². The molecule has 0 bridgehead atoms. The van der Waals surface area contributed by atoms with Gasteiger partial charge in [-0.1, -0.05) is 12.8 Å². The highest BCUT2D eigenvalue weighted by molar-refractivity contribution is 5.95. The second kappa shape index (κ2) is 6.98. The third-order valence-corrected chi connectivity index (χ3v) is 3.13. The number of urea groups is 1. The van der Waals surface area contributed by atoms with Crippen LogP contribution in [0.15, 0.2) is 0 Å². The summed E-state index contributed by atoms with van der Waals surface area (Å²) in [6, 6.07) is -0.278. The first kappa shape index (κ1) is 14.5. The van der Waals surface area contributed by atoms with Gasteiger partial charge in [0.25, 0.3) is 0 Å². The Morgan fingerprint density at radius 3 is 2.61 bits per heavy atom. The van der Waals surface area contributed by atoms with Gasteiger partial charge in [-0.05, 0) is 19.8 Å². The second-order valence-electron chi connectivity index (χ2n) is 4.64.